The maximum atomic E-state index is 13.4. The standard InChI is InChI=1S/C15H16ClFN2O5S/c1-7-13(14(8(2)24-7)25(18,22)23)15(21)19-6-12(20)9-3-4-10(16)11(17)5-9/h3-5,12,20H,6H2,1-2H3,(H,19,21)(H2,18,22,23). The minimum Gasteiger partial charge on any atom is -0.464 e. The number of furan rings is 1. The van der Waals surface area contributed by atoms with E-state index < -0.39 is 32.7 Å². The first-order valence-electron chi connectivity index (χ1n) is 7.06. The summed E-state index contributed by atoms with van der Waals surface area (Å²) in [4.78, 5) is 11.9. The molecule has 0 spiro atoms. The third-order valence-electron chi connectivity index (χ3n) is 3.50. The van der Waals surface area contributed by atoms with Crippen molar-refractivity contribution < 1.29 is 27.1 Å². The number of aliphatic hydroxyl groups is 1. The Balaban J connectivity index is 2.19. The minimum absolute atomic E-state index is 0.00882. The van der Waals surface area contributed by atoms with Gasteiger partial charge in [-0.2, -0.15) is 0 Å². The summed E-state index contributed by atoms with van der Waals surface area (Å²) in [6, 6.07) is 3.73. The molecule has 4 N–H and O–H groups in total. The van der Waals surface area contributed by atoms with Crippen molar-refractivity contribution in [2.24, 2.45) is 5.14 Å². The highest BCUT2D eigenvalue weighted by atomic mass is 35.5. The lowest BCUT2D eigenvalue weighted by molar-refractivity contribution is 0.0912. The highest BCUT2D eigenvalue weighted by molar-refractivity contribution is 7.89. The molecule has 1 amide bonds. The van der Waals surface area contributed by atoms with E-state index in [-0.39, 0.29) is 34.2 Å². The average Bonchev–Trinajstić information content (AvgIpc) is 2.81. The summed E-state index contributed by atoms with van der Waals surface area (Å²) in [7, 11) is -4.17. The Labute approximate surface area is 148 Å². The Bertz CT molecular complexity index is 926. The maximum Gasteiger partial charge on any atom is 0.256 e. The van der Waals surface area contributed by atoms with Gasteiger partial charge >= 0.3 is 0 Å². The summed E-state index contributed by atoms with van der Waals surface area (Å²) < 4.78 is 41.9. The van der Waals surface area contributed by atoms with E-state index in [0.29, 0.717) is 0 Å². The molecule has 0 aliphatic carbocycles. The molecule has 2 rings (SSSR count). The summed E-state index contributed by atoms with van der Waals surface area (Å²) in [5.41, 5.74) is -0.0246. The fraction of sp³-hybridized carbons (Fsp3) is 0.267. The molecule has 1 aromatic heterocycles. The van der Waals surface area contributed by atoms with Crippen LogP contribution in [-0.4, -0.2) is 26.0 Å². The Kier molecular flexibility index (Phi) is 5.52. The lowest BCUT2D eigenvalue weighted by Gasteiger charge is -2.13. The van der Waals surface area contributed by atoms with E-state index in [1.165, 1.54) is 26.0 Å². The molecule has 136 valence electrons. The molecule has 1 unspecified atom stereocenters. The zero-order valence-corrected chi connectivity index (χ0v) is 14.9. The van der Waals surface area contributed by atoms with Crippen LogP contribution in [0.5, 0.6) is 0 Å². The van der Waals surface area contributed by atoms with Crippen molar-refractivity contribution in [3.8, 4) is 0 Å². The largest absolute Gasteiger partial charge is 0.464 e. The second-order valence-electron chi connectivity index (χ2n) is 5.36. The van der Waals surface area contributed by atoms with Crippen LogP contribution in [-0.2, 0) is 10.0 Å². The minimum atomic E-state index is -4.17. The first-order valence-corrected chi connectivity index (χ1v) is 8.98. The van der Waals surface area contributed by atoms with Crippen molar-refractivity contribution in [1.82, 2.24) is 5.32 Å². The average molecular weight is 391 g/mol. The number of nitrogens with two attached hydrogens (primary N) is 1. The molecule has 0 aliphatic rings. The molecule has 1 atom stereocenters. The number of amides is 1. The van der Waals surface area contributed by atoms with Gasteiger partial charge in [0, 0.05) is 6.54 Å². The van der Waals surface area contributed by atoms with Crippen molar-refractivity contribution in [2.45, 2.75) is 24.8 Å². The fourth-order valence-electron chi connectivity index (χ4n) is 2.38. The Hall–Kier alpha value is -1.94. The lowest BCUT2D eigenvalue weighted by atomic mass is 10.1. The number of aliphatic hydroxyl groups excluding tert-OH is 1. The van der Waals surface area contributed by atoms with Crippen LogP contribution >= 0.6 is 11.6 Å². The van der Waals surface area contributed by atoms with Crippen LogP contribution in [0, 0.1) is 19.7 Å². The number of nitrogens with one attached hydrogen (secondary N) is 1. The van der Waals surface area contributed by atoms with Gasteiger partial charge in [0.25, 0.3) is 5.91 Å². The molecule has 0 radical (unpaired) electrons. The predicted molar refractivity (Wildman–Crippen MR) is 88.3 cm³/mol. The Morgan fingerprint density at radius 1 is 1.40 bits per heavy atom. The molecule has 0 fully saturated rings. The van der Waals surface area contributed by atoms with E-state index in [2.05, 4.69) is 5.32 Å². The van der Waals surface area contributed by atoms with Gasteiger partial charge in [-0.1, -0.05) is 17.7 Å². The highest BCUT2D eigenvalue weighted by Gasteiger charge is 2.28. The summed E-state index contributed by atoms with van der Waals surface area (Å²) in [5.74, 6) is -1.43. The first kappa shape index (κ1) is 19.4. The number of carbonyl (C=O) groups is 1. The first-order chi connectivity index (χ1) is 11.5. The third-order valence-corrected chi connectivity index (χ3v) is 4.87. The SMILES string of the molecule is Cc1oc(C)c(S(N)(=O)=O)c1C(=O)NCC(O)c1ccc(Cl)c(F)c1. The molecule has 0 bridgehead atoms. The van der Waals surface area contributed by atoms with Crippen LogP contribution in [0.3, 0.4) is 0 Å². The van der Waals surface area contributed by atoms with Crippen LogP contribution in [0.2, 0.25) is 5.02 Å². The molecule has 0 saturated carbocycles. The van der Waals surface area contributed by atoms with E-state index in [4.69, 9.17) is 21.2 Å². The molecule has 10 heteroatoms. The molecule has 0 aliphatic heterocycles. The van der Waals surface area contributed by atoms with Gasteiger partial charge in [0.1, 0.15) is 27.8 Å². The van der Waals surface area contributed by atoms with Gasteiger partial charge < -0.3 is 14.8 Å². The number of rotatable bonds is 5. The van der Waals surface area contributed by atoms with Gasteiger partial charge in [0.2, 0.25) is 10.0 Å². The summed E-state index contributed by atoms with van der Waals surface area (Å²) >= 11 is 5.57. The van der Waals surface area contributed by atoms with Crippen LogP contribution < -0.4 is 10.5 Å². The molecule has 1 aromatic carbocycles. The lowest BCUT2D eigenvalue weighted by Crippen LogP contribution is -2.30. The van der Waals surface area contributed by atoms with Crippen LogP contribution in [0.4, 0.5) is 4.39 Å². The van der Waals surface area contributed by atoms with Crippen molar-refractivity contribution in [2.75, 3.05) is 6.54 Å². The van der Waals surface area contributed by atoms with Gasteiger partial charge in [-0.3, -0.25) is 4.79 Å². The van der Waals surface area contributed by atoms with Gasteiger partial charge in [0.15, 0.2) is 0 Å². The summed E-state index contributed by atoms with van der Waals surface area (Å²) in [6.07, 6.45) is -1.22. The van der Waals surface area contributed by atoms with Crippen molar-refractivity contribution >= 4 is 27.5 Å². The van der Waals surface area contributed by atoms with Crippen molar-refractivity contribution in [3.05, 3.63) is 51.7 Å². The molecule has 7 nitrogen and oxygen atoms in total. The second-order valence-corrected chi connectivity index (χ2v) is 7.27. The number of halogens is 2. The van der Waals surface area contributed by atoms with Crippen molar-refractivity contribution in [1.29, 1.82) is 0 Å². The highest BCUT2D eigenvalue weighted by Crippen LogP contribution is 2.26. The third kappa shape index (κ3) is 4.18. The van der Waals surface area contributed by atoms with Gasteiger partial charge in [0.05, 0.1) is 11.1 Å². The number of hydrogen-bond acceptors (Lipinski definition) is 5. The monoisotopic (exact) mass is 390 g/mol. The number of hydrogen-bond donors (Lipinski definition) is 3. The van der Waals surface area contributed by atoms with E-state index in [0.717, 1.165) is 6.07 Å². The fourth-order valence-corrected chi connectivity index (χ4v) is 3.46. The zero-order chi connectivity index (χ0) is 18.9. The summed E-state index contributed by atoms with van der Waals surface area (Å²) in [5, 5.41) is 17.4. The summed E-state index contributed by atoms with van der Waals surface area (Å²) in [6.45, 7) is 2.50. The van der Waals surface area contributed by atoms with E-state index in [1.807, 2.05) is 0 Å². The molecule has 1 heterocycles. The smallest absolute Gasteiger partial charge is 0.256 e. The van der Waals surface area contributed by atoms with Gasteiger partial charge in [-0.25, -0.2) is 17.9 Å². The predicted octanol–water partition coefficient (Wildman–Crippen LogP) is 1.80. The normalized spacial score (nSPS) is 12.9. The van der Waals surface area contributed by atoms with Gasteiger partial charge in [-0.15, -0.1) is 0 Å². The molecule has 25 heavy (non-hydrogen) atoms. The molecular weight excluding hydrogens is 375 g/mol. The molecule has 2 aromatic rings. The van der Waals surface area contributed by atoms with E-state index >= 15 is 0 Å². The molecular formula is C15H16ClFN2O5S. The maximum absolute atomic E-state index is 13.4. The number of benzene rings is 1. The van der Waals surface area contributed by atoms with Crippen molar-refractivity contribution in [3.63, 3.8) is 0 Å². The Morgan fingerprint density at radius 2 is 2.04 bits per heavy atom. The second kappa shape index (κ2) is 7.12. The van der Waals surface area contributed by atoms with E-state index in [1.54, 1.807) is 0 Å². The Morgan fingerprint density at radius 3 is 2.60 bits per heavy atom. The van der Waals surface area contributed by atoms with Crippen LogP contribution in [0.1, 0.15) is 33.5 Å². The zero-order valence-electron chi connectivity index (χ0n) is 13.3. The van der Waals surface area contributed by atoms with E-state index in [9.17, 15) is 22.7 Å². The van der Waals surface area contributed by atoms with Crippen LogP contribution in [0.15, 0.2) is 27.5 Å². The molecule has 0 saturated heterocycles. The number of primary sulfonamides is 1. The number of aryl methyl sites for hydroxylation is 2. The quantitative estimate of drug-likeness (QED) is 0.718. The van der Waals surface area contributed by atoms with Crippen LogP contribution in [0.25, 0.3) is 0 Å². The topological polar surface area (TPSA) is 123 Å². The van der Waals surface area contributed by atoms with Gasteiger partial charge in [-0.05, 0) is 31.5 Å². The number of sulfonamides is 1. The number of carbonyl (C=O) groups excluding carboxylic acids is 1.